The lowest BCUT2D eigenvalue weighted by Gasteiger charge is -2.02. The van der Waals surface area contributed by atoms with Crippen molar-refractivity contribution in [3.63, 3.8) is 0 Å². The Morgan fingerprint density at radius 2 is 1.97 bits per heavy atom. The zero-order valence-corrected chi connectivity index (χ0v) is 19.8. The van der Waals surface area contributed by atoms with Crippen LogP contribution in [0.3, 0.4) is 0 Å². The van der Waals surface area contributed by atoms with Crippen molar-refractivity contribution >= 4 is 23.5 Å². The molecule has 0 amide bonds. The molecule has 2 heterocycles. The smallest absolute Gasteiger partial charge is 0.345 e. The topological polar surface area (TPSA) is 79.5 Å². The first kappa shape index (κ1) is 26.8. The van der Waals surface area contributed by atoms with E-state index in [9.17, 15) is 4.79 Å². The third-order valence-electron chi connectivity index (χ3n) is 4.15. The van der Waals surface area contributed by atoms with E-state index < -0.39 is 5.97 Å². The van der Waals surface area contributed by atoms with Gasteiger partial charge in [0.2, 0.25) is 0 Å². The predicted octanol–water partition coefficient (Wildman–Crippen LogP) is 5.07. The van der Waals surface area contributed by atoms with E-state index in [4.69, 9.17) is 11.5 Å². The molecule has 0 aliphatic heterocycles. The first-order valence-electron chi connectivity index (χ1n) is 10.5. The van der Waals surface area contributed by atoms with E-state index in [0.29, 0.717) is 4.88 Å². The number of nitrogens with zero attached hydrogens (tertiary/aromatic N) is 3. The van der Waals surface area contributed by atoms with Crippen molar-refractivity contribution in [3.8, 4) is 22.9 Å². The maximum atomic E-state index is 10.9. The molecule has 32 heavy (non-hydrogen) atoms. The Hall–Kier alpha value is -3.21. The number of aryl methyl sites for hydroxylation is 1. The van der Waals surface area contributed by atoms with Crippen molar-refractivity contribution in [2.24, 2.45) is 4.99 Å². The molecular formula is C25H32N4O2S. The Labute approximate surface area is 195 Å². The second-order valence-electron chi connectivity index (χ2n) is 6.52. The number of nitrogens with one attached hydrogen (secondary N) is 1. The van der Waals surface area contributed by atoms with Gasteiger partial charge in [-0.1, -0.05) is 31.0 Å². The number of benzene rings is 1. The van der Waals surface area contributed by atoms with Crippen LogP contribution >= 0.6 is 11.3 Å². The summed E-state index contributed by atoms with van der Waals surface area (Å²) >= 11 is 1.26. The van der Waals surface area contributed by atoms with Gasteiger partial charge < -0.3 is 15.4 Å². The molecular weight excluding hydrogens is 420 g/mol. The fourth-order valence-electron chi connectivity index (χ4n) is 2.44. The molecule has 0 spiro atoms. The van der Waals surface area contributed by atoms with Gasteiger partial charge in [-0.2, -0.15) is 5.10 Å². The van der Waals surface area contributed by atoms with E-state index in [2.05, 4.69) is 28.3 Å². The van der Waals surface area contributed by atoms with Crippen LogP contribution in [0.15, 0.2) is 59.7 Å². The summed E-state index contributed by atoms with van der Waals surface area (Å²) in [4.78, 5) is 15.7. The van der Waals surface area contributed by atoms with Crippen LogP contribution < -0.4 is 5.32 Å². The highest BCUT2D eigenvalue weighted by molar-refractivity contribution is 7.17. The fourth-order valence-corrected chi connectivity index (χ4v) is 3.25. The van der Waals surface area contributed by atoms with E-state index in [1.165, 1.54) is 11.3 Å². The van der Waals surface area contributed by atoms with Gasteiger partial charge in [0.25, 0.3) is 0 Å². The van der Waals surface area contributed by atoms with Crippen LogP contribution in [0.1, 0.15) is 41.9 Å². The first-order valence-corrected chi connectivity index (χ1v) is 11.3. The van der Waals surface area contributed by atoms with Crippen molar-refractivity contribution in [1.82, 2.24) is 15.1 Å². The summed E-state index contributed by atoms with van der Waals surface area (Å²) in [7, 11) is 1.75. The molecule has 0 fully saturated rings. The minimum atomic E-state index is -0.885. The van der Waals surface area contributed by atoms with Gasteiger partial charge in [0, 0.05) is 25.4 Å². The van der Waals surface area contributed by atoms with Crippen LogP contribution in [0.2, 0.25) is 0 Å². The van der Waals surface area contributed by atoms with E-state index in [1.54, 1.807) is 19.3 Å². The minimum absolute atomic E-state index is 0.347. The number of carboxylic acid groups (broad SMARTS) is 1. The van der Waals surface area contributed by atoms with Crippen molar-refractivity contribution in [2.45, 2.75) is 33.2 Å². The molecule has 0 bridgehead atoms. The third kappa shape index (κ3) is 10.7. The van der Waals surface area contributed by atoms with Crippen LogP contribution in [0.4, 0.5) is 0 Å². The van der Waals surface area contributed by atoms with Crippen LogP contribution in [-0.4, -0.2) is 47.2 Å². The Bertz CT molecular complexity index is 967. The summed E-state index contributed by atoms with van der Waals surface area (Å²) in [6, 6.07) is 15.0. The summed E-state index contributed by atoms with van der Waals surface area (Å²) in [5, 5.41) is 16.7. The molecule has 3 aromatic rings. The van der Waals surface area contributed by atoms with Crippen LogP contribution in [0.5, 0.6) is 0 Å². The van der Waals surface area contributed by atoms with Crippen LogP contribution in [0.25, 0.3) is 10.6 Å². The largest absolute Gasteiger partial charge is 0.477 e. The number of unbranched alkanes of at least 4 members (excludes halogenated alkanes) is 1. The predicted molar refractivity (Wildman–Crippen MR) is 135 cm³/mol. The van der Waals surface area contributed by atoms with Gasteiger partial charge in [-0.3, -0.25) is 4.68 Å². The zero-order valence-electron chi connectivity index (χ0n) is 19.0. The van der Waals surface area contributed by atoms with Crippen LogP contribution in [-0.2, 0) is 6.54 Å². The SMILES string of the molecule is C#Cc1ccccc1.CC=NC.CCNCCCCn1ccc(-c2ccc(C(=O)O)s2)n1. The van der Waals surface area contributed by atoms with Crippen molar-refractivity contribution in [1.29, 1.82) is 0 Å². The Morgan fingerprint density at radius 3 is 2.50 bits per heavy atom. The standard InChI is InChI=1S/C14H19N3O2S.C8H6.C3H7N/c1-2-15-8-3-4-9-17-10-7-11(16-17)12-5-6-13(20-12)14(18)19;1-2-8-6-4-3-5-7-8;1-3-4-2/h5-7,10,15H,2-4,8-9H2,1H3,(H,18,19);1,3-7H;3H,1-2H3. The molecule has 0 saturated carbocycles. The number of aliphatic imine (C=N–C) groups is 1. The Balaban J connectivity index is 0.000000350. The van der Waals surface area contributed by atoms with E-state index in [-0.39, 0.29) is 0 Å². The lowest BCUT2D eigenvalue weighted by atomic mass is 10.2. The molecule has 170 valence electrons. The van der Waals surface area contributed by atoms with Gasteiger partial charge in [-0.05, 0) is 69.4 Å². The number of thiophene rings is 1. The molecule has 0 unspecified atom stereocenters. The highest BCUT2D eigenvalue weighted by Gasteiger charge is 2.10. The van der Waals surface area contributed by atoms with Crippen molar-refractivity contribution in [3.05, 3.63) is 65.2 Å². The molecule has 1 aromatic carbocycles. The number of hydrogen-bond acceptors (Lipinski definition) is 5. The monoisotopic (exact) mass is 452 g/mol. The number of terminal acetylenes is 1. The Kier molecular flexibility index (Phi) is 13.8. The quantitative estimate of drug-likeness (QED) is 0.284. The van der Waals surface area contributed by atoms with Gasteiger partial charge in [0.1, 0.15) is 10.6 Å². The highest BCUT2D eigenvalue weighted by Crippen LogP contribution is 2.26. The number of carboxylic acids is 1. The van der Waals surface area contributed by atoms with Crippen molar-refractivity contribution in [2.75, 3.05) is 20.1 Å². The van der Waals surface area contributed by atoms with E-state index in [0.717, 1.165) is 48.6 Å². The zero-order chi connectivity index (χ0) is 23.6. The molecule has 0 aliphatic rings. The minimum Gasteiger partial charge on any atom is -0.477 e. The molecule has 0 atom stereocenters. The maximum absolute atomic E-state index is 10.9. The number of aromatic nitrogens is 2. The summed E-state index contributed by atoms with van der Waals surface area (Å²) in [6.45, 7) is 6.93. The second-order valence-corrected chi connectivity index (χ2v) is 7.60. The number of aromatic carboxylic acids is 1. The third-order valence-corrected chi connectivity index (χ3v) is 5.25. The van der Waals surface area contributed by atoms with E-state index in [1.807, 2.05) is 60.3 Å². The van der Waals surface area contributed by atoms with Gasteiger partial charge in [0.05, 0.1) is 4.88 Å². The average molecular weight is 453 g/mol. The summed E-state index contributed by atoms with van der Waals surface area (Å²) in [5.74, 6) is 1.64. The van der Waals surface area contributed by atoms with Gasteiger partial charge in [0.15, 0.2) is 0 Å². The molecule has 7 heteroatoms. The lowest BCUT2D eigenvalue weighted by molar-refractivity contribution is 0.0702. The maximum Gasteiger partial charge on any atom is 0.345 e. The highest BCUT2D eigenvalue weighted by atomic mass is 32.1. The van der Waals surface area contributed by atoms with Gasteiger partial charge >= 0.3 is 5.97 Å². The second kappa shape index (κ2) is 16.5. The first-order chi connectivity index (χ1) is 15.5. The summed E-state index contributed by atoms with van der Waals surface area (Å²) in [6.07, 6.45) is 11.0. The molecule has 0 aliphatic carbocycles. The number of hydrogen-bond donors (Lipinski definition) is 2. The number of rotatable bonds is 8. The molecule has 2 N–H and O–H groups in total. The van der Waals surface area contributed by atoms with Gasteiger partial charge in [-0.25, -0.2) is 4.79 Å². The lowest BCUT2D eigenvalue weighted by Crippen LogP contribution is -2.14. The van der Waals surface area contributed by atoms with Crippen molar-refractivity contribution < 1.29 is 9.90 Å². The van der Waals surface area contributed by atoms with Crippen LogP contribution in [0, 0.1) is 12.3 Å². The fraction of sp³-hybridized carbons (Fsp3) is 0.320. The molecule has 2 aromatic heterocycles. The summed E-state index contributed by atoms with van der Waals surface area (Å²) in [5.41, 5.74) is 1.78. The van der Waals surface area contributed by atoms with E-state index >= 15 is 0 Å². The number of carbonyl (C=O) groups is 1. The van der Waals surface area contributed by atoms with Gasteiger partial charge in [-0.15, -0.1) is 17.8 Å². The summed E-state index contributed by atoms with van der Waals surface area (Å²) < 4.78 is 1.92. The Morgan fingerprint density at radius 1 is 1.25 bits per heavy atom. The molecule has 0 saturated heterocycles. The molecule has 0 radical (unpaired) electrons. The normalized spacial score (nSPS) is 9.94. The molecule has 6 nitrogen and oxygen atoms in total. The average Bonchev–Trinajstić information content (AvgIpc) is 3.50. The molecule has 3 rings (SSSR count).